The number of sulfone groups is 1. The maximum absolute atomic E-state index is 12.2. The summed E-state index contributed by atoms with van der Waals surface area (Å²) in [6.45, 7) is 0.966. The van der Waals surface area contributed by atoms with Crippen molar-refractivity contribution in [2.24, 2.45) is 0 Å². The molecule has 6 heteroatoms. The number of pyridine rings is 1. The Labute approximate surface area is 129 Å². The summed E-state index contributed by atoms with van der Waals surface area (Å²) in [5.41, 5.74) is 1.92. The van der Waals surface area contributed by atoms with Gasteiger partial charge in [0.05, 0.1) is 22.9 Å². The van der Waals surface area contributed by atoms with Crippen molar-refractivity contribution in [3.63, 3.8) is 0 Å². The molecule has 0 saturated heterocycles. The van der Waals surface area contributed by atoms with Gasteiger partial charge < -0.3 is 4.90 Å². The van der Waals surface area contributed by atoms with Crippen molar-refractivity contribution in [3.8, 4) is 0 Å². The Balaban J connectivity index is 1.62. The van der Waals surface area contributed by atoms with Crippen molar-refractivity contribution >= 4 is 15.7 Å². The number of fused-ring (bicyclic) bond motifs is 1. The molecule has 114 valence electrons. The summed E-state index contributed by atoms with van der Waals surface area (Å²) in [5, 5.41) is 0. The van der Waals surface area contributed by atoms with Gasteiger partial charge in [0.1, 0.15) is 0 Å². The molecule has 0 radical (unpaired) electrons. The predicted octanol–water partition coefficient (Wildman–Crippen LogP) is 1.79. The highest BCUT2D eigenvalue weighted by atomic mass is 32.2. The fraction of sp³-hybridized carbons (Fsp3) is 0.250. The SMILES string of the molecule is O=C(CCS(=O)(=O)c1ccccc1)N1Cc2cccnc2C1. The van der Waals surface area contributed by atoms with Gasteiger partial charge in [-0.15, -0.1) is 0 Å². The highest BCUT2D eigenvalue weighted by molar-refractivity contribution is 7.91. The third-order valence-corrected chi connectivity index (χ3v) is 5.46. The number of hydrogen-bond acceptors (Lipinski definition) is 4. The van der Waals surface area contributed by atoms with Crippen LogP contribution >= 0.6 is 0 Å². The molecule has 0 saturated carbocycles. The molecule has 1 aromatic carbocycles. The average molecular weight is 316 g/mol. The predicted molar refractivity (Wildman–Crippen MR) is 81.6 cm³/mol. The summed E-state index contributed by atoms with van der Waals surface area (Å²) in [6.07, 6.45) is 1.69. The molecule has 1 amide bonds. The van der Waals surface area contributed by atoms with Crippen molar-refractivity contribution in [2.45, 2.75) is 24.4 Å². The van der Waals surface area contributed by atoms with Crippen molar-refractivity contribution in [3.05, 3.63) is 59.9 Å². The molecule has 1 aromatic heterocycles. The first-order chi connectivity index (χ1) is 10.6. The van der Waals surface area contributed by atoms with E-state index in [1.54, 1.807) is 41.4 Å². The topological polar surface area (TPSA) is 67.3 Å². The van der Waals surface area contributed by atoms with Gasteiger partial charge in [0, 0.05) is 19.2 Å². The Hall–Kier alpha value is -2.21. The number of carbonyl (C=O) groups is 1. The van der Waals surface area contributed by atoms with Gasteiger partial charge in [0.2, 0.25) is 5.91 Å². The number of benzene rings is 1. The van der Waals surface area contributed by atoms with E-state index in [1.807, 2.05) is 12.1 Å². The second-order valence-corrected chi connectivity index (χ2v) is 7.35. The number of amides is 1. The van der Waals surface area contributed by atoms with Gasteiger partial charge in [-0.1, -0.05) is 24.3 Å². The van der Waals surface area contributed by atoms with Gasteiger partial charge in [-0.05, 0) is 23.8 Å². The van der Waals surface area contributed by atoms with E-state index >= 15 is 0 Å². The Kier molecular flexibility index (Phi) is 3.94. The lowest BCUT2D eigenvalue weighted by atomic mass is 10.2. The van der Waals surface area contributed by atoms with Crippen molar-refractivity contribution < 1.29 is 13.2 Å². The second-order valence-electron chi connectivity index (χ2n) is 5.24. The highest BCUT2D eigenvalue weighted by Gasteiger charge is 2.25. The van der Waals surface area contributed by atoms with Crippen LogP contribution in [0.2, 0.25) is 0 Å². The second kappa shape index (κ2) is 5.88. The van der Waals surface area contributed by atoms with Gasteiger partial charge >= 0.3 is 0 Å². The van der Waals surface area contributed by atoms with E-state index in [4.69, 9.17) is 0 Å². The molecule has 0 bridgehead atoms. The maximum Gasteiger partial charge on any atom is 0.224 e. The van der Waals surface area contributed by atoms with Crippen LogP contribution in [-0.4, -0.2) is 30.0 Å². The fourth-order valence-electron chi connectivity index (χ4n) is 2.50. The van der Waals surface area contributed by atoms with Crippen molar-refractivity contribution in [2.75, 3.05) is 5.75 Å². The van der Waals surface area contributed by atoms with Crippen LogP contribution in [-0.2, 0) is 27.7 Å². The van der Waals surface area contributed by atoms with E-state index in [2.05, 4.69) is 4.98 Å². The lowest BCUT2D eigenvalue weighted by molar-refractivity contribution is -0.131. The normalized spacial score (nSPS) is 13.9. The minimum absolute atomic E-state index is 0.00871. The third kappa shape index (κ3) is 3.01. The number of rotatable bonds is 4. The molecule has 1 aliphatic heterocycles. The van der Waals surface area contributed by atoms with E-state index in [0.29, 0.717) is 13.1 Å². The quantitative estimate of drug-likeness (QED) is 0.862. The van der Waals surface area contributed by atoms with E-state index in [-0.39, 0.29) is 23.0 Å². The first-order valence-electron chi connectivity index (χ1n) is 7.04. The molecule has 2 aromatic rings. The number of aromatic nitrogens is 1. The molecule has 0 fully saturated rings. The minimum Gasteiger partial charge on any atom is -0.332 e. The van der Waals surface area contributed by atoms with Gasteiger partial charge in [-0.2, -0.15) is 0 Å². The van der Waals surface area contributed by atoms with Crippen LogP contribution in [0.25, 0.3) is 0 Å². The van der Waals surface area contributed by atoms with E-state index < -0.39 is 9.84 Å². The Bertz CT molecular complexity index is 763. The summed E-state index contributed by atoms with van der Waals surface area (Å²) in [5.74, 6) is -0.326. The first-order valence-corrected chi connectivity index (χ1v) is 8.70. The summed E-state index contributed by atoms with van der Waals surface area (Å²) in [4.78, 5) is 18.4. The number of nitrogens with zero attached hydrogens (tertiary/aromatic N) is 2. The molecular weight excluding hydrogens is 300 g/mol. The molecule has 2 heterocycles. The molecule has 0 unspecified atom stereocenters. The zero-order chi connectivity index (χ0) is 15.6. The number of carbonyl (C=O) groups excluding carboxylic acids is 1. The Morgan fingerprint density at radius 1 is 1.09 bits per heavy atom. The standard InChI is InChI=1S/C16H16N2O3S/c19-16(18-11-13-5-4-9-17-15(13)12-18)8-10-22(20,21)14-6-2-1-3-7-14/h1-7,9H,8,10-12H2. The van der Waals surface area contributed by atoms with Gasteiger partial charge in [-0.25, -0.2) is 8.42 Å². The molecule has 3 rings (SSSR count). The van der Waals surface area contributed by atoms with Crippen LogP contribution in [0.4, 0.5) is 0 Å². The van der Waals surface area contributed by atoms with Gasteiger partial charge in [-0.3, -0.25) is 9.78 Å². The monoisotopic (exact) mass is 316 g/mol. The van der Waals surface area contributed by atoms with E-state index in [0.717, 1.165) is 11.3 Å². The van der Waals surface area contributed by atoms with Crippen LogP contribution in [0.1, 0.15) is 17.7 Å². The number of hydrogen-bond donors (Lipinski definition) is 0. The molecule has 0 atom stereocenters. The van der Waals surface area contributed by atoms with Crippen LogP contribution in [0, 0.1) is 0 Å². The smallest absolute Gasteiger partial charge is 0.224 e. The molecule has 0 aliphatic carbocycles. The van der Waals surface area contributed by atoms with Crippen LogP contribution < -0.4 is 0 Å². The fourth-order valence-corrected chi connectivity index (χ4v) is 3.75. The largest absolute Gasteiger partial charge is 0.332 e. The molecule has 0 spiro atoms. The zero-order valence-electron chi connectivity index (χ0n) is 12.0. The van der Waals surface area contributed by atoms with Crippen LogP contribution in [0.3, 0.4) is 0 Å². The van der Waals surface area contributed by atoms with Crippen molar-refractivity contribution in [1.29, 1.82) is 0 Å². The lowest BCUT2D eigenvalue weighted by Gasteiger charge is -2.15. The van der Waals surface area contributed by atoms with Gasteiger partial charge in [0.15, 0.2) is 9.84 Å². The Morgan fingerprint density at radius 2 is 1.86 bits per heavy atom. The molecule has 5 nitrogen and oxygen atoms in total. The first kappa shape index (κ1) is 14.7. The molecule has 0 N–H and O–H groups in total. The van der Waals surface area contributed by atoms with Crippen molar-refractivity contribution in [1.82, 2.24) is 9.88 Å². The molecular formula is C16H16N2O3S. The summed E-state index contributed by atoms with van der Waals surface area (Å²) < 4.78 is 24.4. The lowest BCUT2D eigenvalue weighted by Crippen LogP contribution is -2.27. The average Bonchev–Trinajstić information content (AvgIpc) is 2.98. The maximum atomic E-state index is 12.2. The van der Waals surface area contributed by atoms with Crippen LogP contribution in [0.15, 0.2) is 53.6 Å². The minimum atomic E-state index is -3.42. The zero-order valence-corrected chi connectivity index (χ0v) is 12.8. The molecule has 1 aliphatic rings. The third-order valence-electron chi connectivity index (χ3n) is 3.73. The summed E-state index contributed by atoms with van der Waals surface area (Å²) in [6, 6.07) is 12.0. The summed E-state index contributed by atoms with van der Waals surface area (Å²) >= 11 is 0. The highest BCUT2D eigenvalue weighted by Crippen LogP contribution is 2.21. The van der Waals surface area contributed by atoms with E-state index in [9.17, 15) is 13.2 Å². The summed E-state index contributed by atoms with van der Waals surface area (Å²) in [7, 11) is -3.42. The van der Waals surface area contributed by atoms with E-state index in [1.165, 1.54) is 0 Å². The van der Waals surface area contributed by atoms with Gasteiger partial charge in [0.25, 0.3) is 0 Å². The Morgan fingerprint density at radius 3 is 2.59 bits per heavy atom. The van der Waals surface area contributed by atoms with Crippen LogP contribution in [0.5, 0.6) is 0 Å². The molecule has 22 heavy (non-hydrogen) atoms.